The van der Waals surface area contributed by atoms with Gasteiger partial charge in [-0.1, -0.05) is 255 Å². The highest BCUT2D eigenvalue weighted by Crippen LogP contribution is 2.16. The Labute approximate surface area is 411 Å². The number of ether oxygens (including phenoxy) is 3. The summed E-state index contributed by atoms with van der Waals surface area (Å²) in [5.41, 5.74) is 0. The molecule has 0 aromatic rings. The van der Waals surface area contributed by atoms with Crippen LogP contribution in [0.5, 0.6) is 0 Å². The van der Waals surface area contributed by atoms with Crippen molar-refractivity contribution in [3.8, 4) is 0 Å². The molecule has 0 aromatic carbocycles. The second kappa shape index (κ2) is 56.9. The molecule has 0 bridgehead atoms. The second-order valence-electron chi connectivity index (χ2n) is 19.2. The smallest absolute Gasteiger partial charge is 0.306 e. The molecule has 0 aliphatic carbocycles. The number of hydrogen-bond donors (Lipinski definition) is 0. The maximum absolute atomic E-state index is 12.8. The summed E-state index contributed by atoms with van der Waals surface area (Å²) >= 11 is 0. The first-order valence-electron chi connectivity index (χ1n) is 28.8. The molecule has 0 radical (unpaired) electrons. The highest BCUT2D eigenvalue weighted by atomic mass is 16.6. The third-order valence-electron chi connectivity index (χ3n) is 12.5. The number of unbranched alkanes of at least 4 members (excludes halogenated alkanes) is 32. The van der Waals surface area contributed by atoms with E-state index in [0.717, 1.165) is 83.5 Å². The number of carbonyl (C=O) groups is 2. The lowest BCUT2D eigenvalue weighted by Crippen LogP contribution is -2.30. The lowest BCUT2D eigenvalue weighted by atomic mass is 10.0. The fourth-order valence-electron chi connectivity index (χ4n) is 8.26. The largest absolute Gasteiger partial charge is 0.462 e. The minimum Gasteiger partial charge on any atom is -0.462 e. The summed E-state index contributed by atoms with van der Waals surface area (Å²) in [6.45, 7) is 7.70. The van der Waals surface area contributed by atoms with Crippen LogP contribution in [0.2, 0.25) is 0 Å². The normalized spacial score (nSPS) is 12.6. The summed E-state index contributed by atoms with van der Waals surface area (Å²) in [7, 11) is 0. The average Bonchev–Trinajstić information content (AvgIpc) is 3.32. The molecule has 0 saturated carbocycles. The van der Waals surface area contributed by atoms with Gasteiger partial charge < -0.3 is 14.2 Å². The first-order valence-corrected chi connectivity index (χ1v) is 28.8. The molecule has 384 valence electrons. The summed E-state index contributed by atoms with van der Waals surface area (Å²) < 4.78 is 17.4. The third kappa shape index (κ3) is 54.2. The van der Waals surface area contributed by atoms with Gasteiger partial charge in [0.1, 0.15) is 6.61 Å². The van der Waals surface area contributed by atoms with Gasteiger partial charge in [-0.05, 0) is 83.5 Å². The maximum Gasteiger partial charge on any atom is 0.306 e. The topological polar surface area (TPSA) is 61.8 Å². The average molecular weight is 924 g/mol. The van der Waals surface area contributed by atoms with Gasteiger partial charge in [-0.3, -0.25) is 9.59 Å². The predicted octanol–water partition coefficient (Wildman–Crippen LogP) is 19.7. The lowest BCUT2D eigenvalue weighted by Gasteiger charge is -2.18. The van der Waals surface area contributed by atoms with Gasteiger partial charge >= 0.3 is 11.9 Å². The SMILES string of the molecule is CC/C=C\C/C=C\C/C=C\C/C=C\CCCCC(=O)OCC(COCCCCCCCCCCCCCCCCCCCCCC)OC(=O)CCCCCCC/C=C\CCCCCCCC. The fourth-order valence-corrected chi connectivity index (χ4v) is 8.26. The van der Waals surface area contributed by atoms with Crippen LogP contribution in [0.1, 0.15) is 290 Å². The number of allylic oxidation sites excluding steroid dienone is 10. The van der Waals surface area contributed by atoms with E-state index < -0.39 is 6.10 Å². The lowest BCUT2D eigenvalue weighted by molar-refractivity contribution is -0.163. The second-order valence-corrected chi connectivity index (χ2v) is 19.2. The number of esters is 2. The number of rotatable bonds is 53. The molecule has 5 heteroatoms. The van der Waals surface area contributed by atoms with E-state index in [9.17, 15) is 9.59 Å². The molecule has 0 N–H and O–H groups in total. The minimum absolute atomic E-state index is 0.0626. The highest BCUT2D eigenvalue weighted by Gasteiger charge is 2.17. The van der Waals surface area contributed by atoms with Crippen molar-refractivity contribution < 1.29 is 23.8 Å². The zero-order valence-electron chi connectivity index (χ0n) is 44.2. The fraction of sp³-hybridized carbons (Fsp3) is 0.803. The molecule has 0 saturated heterocycles. The molecular weight excluding hydrogens is 813 g/mol. The zero-order valence-corrected chi connectivity index (χ0v) is 44.2. The molecule has 0 heterocycles. The van der Waals surface area contributed by atoms with Crippen molar-refractivity contribution in [1.29, 1.82) is 0 Å². The van der Waals surface area contributed by atoms with E-state index in [0.29, 0.717) is 19.4 Å². The van der Waals surface area contributed by atoms with E-state index in [2.05, 4.69) is 81.5 Å². The monoisotopic (exact) mass is 923 g/mol. The van der Waals surface area contributed by atoms with Crippen LogP contribution in [0, 0.1) is 0 Å². The molecule has 1 unspecified atom stereocenters. The van der Waals surface area contributed by atoms with Gasteiger partial charge in [0, 0.05) is 19.4 Å². The van der Waals surface area contributed by atoms with Gasteiger partial charge in [0.15, 0.2) is 6.10 Å². The summed E-state index contributed by atoms with van der Waals surface area (Å²) in [5, 5.41) is 0. The van der Waals surface area contributed by atoms with Crippen LogP contribution in [-0.4, -0.2) is 37.9 Å². The first-order chi connectivity index (χ1) is 32.6. The Kier molecular flexibility index (Phi) is 54.9. The van der Waals surface area contributed by atoms with Gasteiger partial charge in [0.05, 0.1) is 6.61 Å². The zero-order chi connectivity index (χ0) is 47.7. The summed E-state index contributed by atoms with van der Waals surface area (Å²) in [4.78, 5) is 25.5. The quantitative estimate of drug-likeness (QED) is 0.0346. The predicted molar refractivity (Wildman–Crippen MR) is 288 cm³/mol. The molecule has 0 aliphatic rings. The van der Waals surface area contributed by atoms with Crippen molar-refractivity contribution >= 4 is 11.9 Å². The Morgan fingerprint density at radius 1 is 0.348 bits per heavy atom. The molecule has 66 heavy (non-hydrogen) atoms. The van der Waals surface area contributed by atoms with Crippen LogP contribution in [0.15, 0.2) is 60.8 Å². The Hall–Kier alpha value is -2.40. The number of hydrogen-bond acceptors (Lipinski definition) is 5. The maximum atomic E-state index is 12.8. The summed E-state index contributed by atoms with van der Waals surface area (Å²) in [6, 6.07) is 0. The molecule has 5 nitrogen and oxygen atoms in total. The Bertz CT molecular complexity index is 1130. The summed E-state index contributed by atoms with van der Waals surface area (Å²) in [5.74, 6) is -0.443. The van der Waals surface area contributed by atoms with E-state index in [4.69, 9.17) is 14.2 Å². The standard InChI is InChI=1S/C61H110O5/c1-4-7-10-13-16-19-22-25-28-29-30-31-32-35-38-41-44-47-50-53-56-64-57-59(66-61(63)55-52-49-46-43-40-37-34-27-24-21-18-15-12-9-6-3)58-65-60(62)54-51-48-45-42-39-36-33-26-23-20-17-14-11-8-5-2/h8,11,17,20,26-27,33-34,39,42,59H,4-7,9-10,12-16,18-19,21-25,28-32,35-38,40-41,43-58H2,1-3H3/b11-8-,20-17-,33-26-,34-27-,42-39-. The van der Waals surface area contributed by atoms with Crippen molar-refractivity contribution in [2.24, 2.45) is 0 Å². The third-order valence-corrected chi connectivity index (χ3v) is 12.5. The van der Waals surface area contributed by atoms with E-state index in [1.54, 1.807) is 0 Å². The van der Waals surface area contributed by atoms with E-state index >= 15 is 0 Å². The molecule has 0 fully saturated rings. The highest BCUT2D eigenvalue weighted by molar-refractivity contribution is 5.70. The molecule has 0 amide bonds. The molecule has 0 aliphatic heterocycles. The number of carbonyl (C=O) groups excluding carboxylic acids is 2. The van der Waals surface area contributed by atoms with Crippen molar-refractivity contribution in [2.45, 2.75) is 297 Å². The van der Waals surface area contributed by atoms with Gasteiger partial charge in [-0.15, -0.1) is 0 Å². The van der Waals surface area contributed by atoms with Crippen LogP contribution < -0.4 is 0 Å². The van der Waals surface area contributed by atoms with Gasteiger partial charge in [0.25, 0.3) is 0 Å². The molecule has 0 aromatic heterocycles. The van der Waals surface area contributed by atoms with Crippen molar-refractivity contribution in [3.05, 3.63) is 60.8 Å². The van der Waals surface area contributed by atoms with Gasteiger partial charge in [0.2, 0.25) is 0 Å². The Balaban J connectivity index is 4.28. The minimum atomic E-state index is -0.556. The molecule has 1 atom stereocenters. The van der Waals surface area contributed by atoms with Crippen LogP contribution in [0.3, 0.4) is 0 Å². The molecular formula is C61H110O5. The van der Waals surface area contributed by atoms with Crippen molar-refractivity contribution in [1.82, 2.24) is 0 Å². The van der Waals surface area contributed by atoms with Crippen molar-refractivity contribution in [3.63, 3.8) is 0 Å². The van der Waals surface area contributed by atoms with Crippen LogP contribution in [0.25, 0.3) is 0 Å². The molecule has 0 rings (SSSR count). The molecule has 0 spiro atoms. The van der Waals surface area contributed by atoms with Crippen LogP contribution >= 0.6 is 0 Å². The summed E-state index contributed by atoms with van der Waals surface area (Å²) in [6.07, 6.45) is 72.5. The van der Waals surface area contributed by atoms with Gasteiger partial charge in [-0.2, -0.15) is 0 Å². The first kappa shape index (κ1) is 63.6. The van der Waals surface area contributed by atoms with Crippen molar-refractivity contribution in [2.75, 3.05) is 19.8 Å². The van der Waals surface area contributed by atoms with E-state index in [1.165, 1.54) is 173 Å². The van der Waals surface area contributed by atoms with Crippen LogP contribution in [0.4, 0.5) is 0 Å². The van der Waals surface area contributed by atoms with Gasteiger partial charge in [-0.25, -0.2) is 0 Å². The van der Waals surface area contributed by atoms with Crippen LogP contribution in [-0.2, 0) is 23.8 Å². The Morgan fingerprint density at radius 2 is 0.682 bits per heavy atom. The van der Waals surface area contributed by atoms with E-state index in [1.807, 2.05) is 0 Å². The Morgan fingerprint density at radius 3 is 1.14 bits per heavy atom. The van der Waals surface area contributed by atoms with E-state index in [-0.39, 0.29) is 25.2 Å².